The summed E-state index contributed by atoms with van der Waals surface area (Å²) >= 11 is 0. The molecule has 0 aliphatic carbocycles. The molecule has 0 unspecified atom stereocenters. The monoisotopic (exact) mass is 188 g/mol. The molecule has 6 heteroatoms. The fraction of sp³-hybridized carbons (Fsp3) is 0.286. The highest BCUT2D eigenvalue weighted by atomic mass is 19.3. The van der Waals surface area contributed by atoms with Crippen molar-refractivity contribution in [1.29, 1.82) is 0 Å². The second-order valence-corrected chi connectivity index (χ2v) is 2.12. The summed E-state index contributed by atoms with van der Waals surface area (Å²) in [6.45, 7) is 0. The smallest absolute Gasteiger partial charge is 0.316 e. The predicted octanol–water partition coefficient (Wildman–Crippen LogP) is 0.933. The van der Waals surface area contributed by atoms with Crippen molar-refractivity contribution in [3.63, 3.8) is 0 Å². The number of halogens is 2. The van der Waals surface area contributed by atoms with Gasteiger partial charge < -0.3 is 4.74 Å². The quantitative estimate of drug-likeness (QED) is 0.662. The Labute approximate surface area is 72.6 Å². The number of carbonyl (C=O) groups is 1. The van der Waals surface area contributed by atoms with Crippen LogP contribution < -0.4 is 4.74 Å². The molecular formula is C7H6F2N2O2. The second-order valence-electron chi connectivity index (χ2n) is 2.12. The Hall–Kier alpha value is -1.59. The number of aromatic nitrogens is 2. The molecule has 0 N–H and O–H groups in total. The van der Waals surface area contributed by atoms with E-state index in [2.05, 4.69) is 14.7 Å². The highest BCUT2D eigenvalue weighted by Crippen LogP contribution is 2.07. The highest BCUT2D eigenvalue weighted by molar-refractivity contribution is 5.97. The first-order valence-electron chi connectivity index (χ1n) is 3.33. The summed E-state index contributed by atoms with van der Waals surface area (Å²) in [4.78, 5) is 17.7. The van der Waals surface area contributed by atoms with Crippen molar-refractivity contribution >= 4 is 5.78 Å². The number of ketones is 1. The Bertz CT molecular complexity index is 300. The van der Waals surface area contributed by atoms with Crippen LogP contribution in [0.1, 0.15) is 10.4 Å². The van der Waals surface area contributed by atoms with E-state index in [0.29, 0.717) is 0 Å². The number of alkyl halides is 2. The summed E-state index contributed by atoms with van der Waals surface area (Å²) in [5.41, 5.74) is -0.226. The number of hydrogen-bond donors (Lipinski definition) is 0. The van der Waals surface area contributed by atoms with Crippen LogP contribution in [-0.4, -0.2) is 29.3 Å². The van der Waals surface area contributed by atoms with Crippen LogP contribution >= 0.6 is 0 Å². The molecule has 13 heavy (non-hydrogen) atoms. The first kappa shape index (κ1) is 9.50. The Morgan fingerprint density at radius 3 is 2.38 bits per heavy atom. The van der Waals surface area contributed by atoms with E-state index in [1.165, 1.54) is 7.11 Å². The number of ether oxygens (including phenoxy) is 1. The van der Waals surface area contributed by atoms with Crippen molar-refractivity contribution in [2.24, 2.45) is 0 Å². The van der Waals surface area contributed by atoms with Crippen LogP contribution in [0.4, 0.5) is 8.78 Å². The van der Waals surface area contributed by atoms with E-state index in [0.717, 1.165) is 12.4 Å². The average molecular weight is 188 g/mol. The summed E-state index contributed by atoms with van der Waals surface area (Å²) in [5, 5.41) is 0. The molecule has 0 saturated carbocycles. The molecule has 0 amide bonds. The molecule has 0 saturated heterocycles. The lowest BCUT2D eigenvalue weighted by molar-refractivity contribution is 0.0677. The van der Waals surface area contributed by atoms with Crippen LogP contribution in [0.25, 0.3) is 0 Å². The molecule has 0 radical (unpaired) electrons. The number of rotatable bonds is 3. The summed E-state index contributed by atoms with van der Waals surface area (Å²) in [7, 11) is 1.34. The Balaban J connectivity index is 2.86. The second kappa shape index (κ2) is 3.88. The van der Waals surface area contributed by atoms with E-state index in [4.69, 9.17) is 0 Å². The van der Waals surface area contributed by atoms with Crippen LogP contribution in [0.5, 0.6) is 6.01 Å². The third kappa shape index (κ3) is 2.17. The predicted molar refractivity (Wildman–Crippen MR) is 38.9 cm³/mol. The molecule has 0 spiro atoms. The lowest BCUT2D eigenvalue weighted by Crippen LogP contribution is -2.11. The maximum atomic E-state index is 11.9. The number of nitrogens with zero attached hydrogens (tertiary/aromatic N) is 2. The van der Waals surface area contributed by atoms with Crippen LogP contribution in [0.15, 0.2) is 12.4 Å². The third-order valence-corrected chi connectivity index (χ3v) is 1.29. The zero-order valence-electron chi connectivity index (χ0n) is 6.70. The van der Waals surface area contributed by atoms with Crippen molar-refractivity contribution < 1.29 is 18.3 Å². The van der Waals surface area contributed by atoms with E-state index < -0.39 is 12.2 Å². The Kier molecular flexibility index (Phi) is 2.84. The van der Waals surface area contributed by atoms with Crippen LogP contribution in [-0.2, 0) is 0 Å². The SMILES string of the molecule is COc1ncc(C(=O)C(F)F)cn1. The van der Waals surface area contributed by atoms with Gasteiger partial charge in [-0.1, -0.05) is 0 Å². The van der Waals surface area contributed by atoms with Crippen molar-refractivity contribution in [3.8, 4) is 6.01 Å². The summed E-state index contributed by atoms with van der Waals surface area (Å²) in [5.74, 6) is -1.29. The van der Waals surface area contributed by atoms with E-state index in [1.807, 2.05) is 0 Å². The van der Waals surface area contributed by atoms with Gasteiger partial charge in [0.25, 0.3) is 0 Å². The molecule has 1 aromatic heterocycles. The van der Waals surface area contributed by atoms with Crippen LogP contribution in [0.2, 0.25) is 0 Å². The average Bonchev–Trinajstić information content (AvgIpc) is 2.17. The molecule has 1 heterocycles. The number of carbonyl (C=O) groups excluding carboxylic acids is 1. The van der Waals surface area contributed by atoms with Gasteiger partial charge in [0.05, 0.1) is 12.7 Å². The third-order valence-electron chi connectivity index (χ3n) is 1.29. The van der Waals surface area contributed by atoms with Gasteiger partial charge in [-0.05, 0) is 0 Å². The molecule has 0 aromatic carbocycles. The Morgan fingerprint density at radius 1 is 1.46 bits per heavy atom. The zero-order chi connectivity index (χ0) is 9.84. The topological polar surface area (TPSA) is 52.1 Å². The Morgan fingerprint density at radius 2 is 2.00 bits per heavy atom. The molecule has 0 fully saturated rings. The molecular weight excluding hydrogens is 182 g/mol. The number of Topliss-reactive ketones (excluding diaryl/α,β-unsaturated/α-hetero) is 1. The lowest BCUT2D eigenvalue weighted by Gasteiger charge is -1.99. The largest absolute Gasteiger partial charge is 0.467 e. The first-order valence-corrected chi connectivity index (χ1v) is 3.33. The highest BCUT2D eigenvalue weighted by Gasteiger charge is 2.18. The van der Waals surface area contributed by atoms with E-state index in [9.17, 15) is 13.6 Å². The minimum Gasteiger partial charge on any atom is -0.467 e. The lowest BCUT2D eigenvalue weighted by atomic mass is 10.2. The van der Waals surface area contributed by atoms with Gasteiger partial charge in [0.1, 0.15) is 0 Å². The molecule has 1 aromatic rings. The standard InChI is InChI=1S/C7H6F2N2O2/c1-13-7-10-2-4(3-11-7)5(12)6(8)9/h2-3,6H,1H3. The normalized spacial score (nSPS) is 10.2. The van der Waals surface area contributed by atoms with Crippen molar-refractivity contribution in [2.45, 2.75) is 6.43 Å². The maximum absolute atomic E-state index is 11.9. The van der Waals surface area contributed by atoms with Crippen molar-refractivity contribution in [1.82, 2.24) is 9.97 Å². The van der Waals surface area contributed by atoms with Gasteiger partial charge in [-0.25, -0.2) is 18.7 Å². The van der Waals surface area contributed by atoms with Crippen molar-refractivity contribution in [2.75, 3.05) is 7.11 Å². The molecule has 1 rings (SSSR count). The van der Waals surface area contributed by atoms with Gasteiger partial charge in [0.15, 0.2) is 0 Å². The molecule has 0 aliphatic rings. The fourth-order valence-corrected chi connectivity index (χ4v) is 0.675. The van der Waals surface area contributed by atoms with E-state index >= 15 is 0 Å². The minimum atomic E-state index is -3.03. The summed E-state index contributed by atoms with van der Waals surface area (Å²) in [6.07, 6.45) is -1.03. The van der Waals surface area contributed by atoms with Gasteiger partial charge >= 0.3 is 12.4 Å². The van der Waals surface area contributed by atoms with Gasteiger partial charge in [0.2, 0.25) is 5.78 Å². The van der Waals surface area contributed by atoms with E-state index in [1.54, 1.807) is 0 Å². The van der Waals surface area contributed by atoms with Gasteiger partial charge in [-0.15, -0.1) is 0 Å². The maximum Gasteiger partial charge on any atom is 0.316 e. The van der Waals surface area contributed by atoms with Crippen LogP contribution in [0.3, 0.4) is 0 Å². The molecule has 0 bridgehead atoms. The fourth-order valence-electron chi connectivity index (χ4n) is 0.675. The number of methoxy groups -OCH3 is 1. The van der Waals surface area contributed by atoms with Crippen LogP contribution in [0, 0.1) is 0 Å². The summed E-state index contributed by atoms with van der Waals surface area (Å²) < 4.78 is 28.3. The summed E-state index contributed by atoms with van der Waals surface area (Å²) in [6, 6.07) is 0.0332. The molecule has 0 atom stereocenters. The van der Waals surface area contributed by atoms with Gasteiger partial charge in [-0.2, -0.15) is 0 Å². The van der Waals surface area contributed by atoms with E-state index in [-0.39, 0.29) is 11.6 Å². The first-order chi connectivity index (χ1) is 6.15. The van der Waals surface area contributed by atoms with Gasteiger partial charge in [0, 0.05) is 12.4 Å². The molecule has 4 nitrogen and oxygen atoms in total. The van der Waals surface area contributed by atoms with Crippen molar-refractivity contribution in [3.05, 3.63) is 18.0 Å². The molecule has 0 aliphatic heterocycles. The van der Waals surface area contributed by atoms with Gasteiger partial charge in [-0.3, -0.25) is 4.79 Å². The minimum absolute atomic E-state index is 0.0332. The zero-order valence-corrected chi connectivity index (χ0v) is 6.70. The number of hydrogen-bond acceptors (Lipinski definition) is 4. The molecule has 70 valence electrons.